The smallest absolute Gasteiger partial charge is 0.261 e. The maximum Gasteiger partial charge on any atom is 0.261 e. The van der Waals surface area contributed by atoms with E-state index in [4.69, 9.17) is 4.98 Å². The van der Waals surface area contributed by atoms with Crippen LogP contribution in [0.5, 0.6) is 0 Å². The van der Waals surface area contributed by atoms with Gasteiger partial charge in [-0.15, -0.1) is 0 Å². The SMILES string of the molecule is CC(C)(C)[C@@H](NCC(O)NCCCN1C(=O)c2ccccc2C1=O)c1nc(-c2ccccc2)cn1Cc1ccccc1. The normalized spacial score (nSPS) is 14.7. The average Bonchev–Trinajstić information content (AvgIpc) is 3.50. The van der Waals surface area contributed by atoms with Gasteiger partial charge in [0, 0.05) is 31.4 Å². The highest BCUT2D eigenvalue weighted by Gasteiger charge is 2.34. The molecule has 3 N–H and O–H groups in total. The third-order valence-corrected chi connectivity index (χ3v) is 7.53. The molecule has 2 amide bonds. The topological polar surface area (TPSA) is 99.5 Å². The van der Waals surface area contributed by atoms with Crippen LogP contribution in [0.3, 0.4) is 0 Å². The van der Waals surface area contributed by atoms with Gasteiger partial charge < -0.3 is 15.0 Å². The van der Waals surface area contributed by atoms with E-state index in [1.165, 1.54) is 10.5 Å². The fraction of sp³-hybridized carbons (Fsp3) is 0.324. The van der Waals surface area contributed by atoms with E-state index in [1.807, 2.05) is 36.4 Å². The van der Waals surface area contributed by atoms with Crippen molar-refractivity contribution < 1.29 is 14.7 Å². The van der Waals surface area contributed by atoms with E-state index in [9.17, 15) is 14.7 Å². The van der Waals surface area contributed by atoms with Crippen LogP contribution in [0, 0.1) is 5.41 Å². The fourth-order valence-electron chi connectivity index (χ4n) is 5.35. The Kier molecular flexibility index (Phi) is 8.97. The Balaban J connectivity index is 1.23. The molecule has 1 unspecified atom stereocenters. The number of benzene rings is 3. The summed E-state index contributed by atoms with van der Waals surface area (Å²) >= 11 is 0. The van der Waals surface area contributed by atoms with Crippen LogP contribution in [-0.4, -0.2) is 57.2 Å². The summed E-state index contributed by atoms with van der Waals surface area (Å²) in [5.41, 5.74) is 3.85. The number of nitrogens with zero attached hydrogens (tertiary/aromatic N) is 3. The number of imidazole rings is 1. The van der Waals surface area contributed by atoms with Crippen molar-refractivity contribution in [2.24, 2.45) is 5.41 Å². The van der Waals surface area contributed by atoms with Crippen molar-refractivity contribution in [2.45, 2.75) is 46.0 Å². The molecule has 4 aromatic rings. The maximum atomic E-state index is 12.6. The molecule has 0 fully saturated rings. The average molecular weight is 566 g/mol. The van der Waals surface area contributed by atoms with Crippen LogP contribution in [-0.2, 0) is 6.54 Å². The summed E-state index contributed by atoms with van der Waals surface area (Å²) in [6.45, 7) is 8.22. The van der Waals surface area contributed by atoms with Crippen LogP contribution in [0.15, 0.2) is 91.1 Å². The number of carbonyl (C=O) groups is 2. The summed E-state index contributed by atoms with van der Waals surface area (Å²) in [7, 11) is 0. The maximum absolute atomic E-state index is 12.6. The number of imide groups is 1. The molecular weight excluding hydrogens is 526 g/mol. The molecule has 8 heteroatoms. The lowest BCUT2D eigenvalue weighted by Gasteiger charge is -2.32. The number of aromatic nitrogens is 2. The lowest BCUT2D eigenvalue weighted by Crippen LogP contribution is -2.44. The predicted molar refractivity (Wildman–Crippen MR) is 164 cm³/mol. The Morgan fingerprint density at radius 1 is 0.833 bits per heavy atom. The van der Waals surface area contributed by atoms with Gasteiger partial charge in [-0.3, -0.25) is 19.8 Å². The van der Waals surface area contributed by atoms with Gasteiger partial charge in [-0.2, -0.15) is 0 Å². The Labute approximate surface area is 247 Å². The molecule has 0 spiro atoms. The Morgan fingerprint density at radius 3 is 2.05 bits per heavy atom. The number of rotatable bonds is 12. The number of carbonyl (C=O) groups excluding carboxylic acids is 2. The summed E-state index contributed by atoms with van der Waals surface area (Å²) < 4.78 is 2.20. The third-order valence-electron chi connectivity index (χ3n) is 7.53. The quantitative estimate of drug-likeness (QED) is 0.129. The van der Waals surface area contributed by atoms with Gasteiger partial charge in [-0.1, -0.05) is 93.6 Å². The number of aliphatic hydroxyl groups is 1. The fourth-order valence-corrected chi connectivity index (χ4v) is 5.35. The molecule has 2 atom stereocenters. The molecular formula is C34H39N5O3. The first-order valence-corrected chi connectivity index (χ1v) is 14.5. The summed E-state index contributed by atoms with van der Waals surface area (Å²) in [5, 5.41) is 17.5. The molecule has 2 heterocycles. The molecule has 218 valence electrons. The van der Waals surface area contributed by atoms with Crippen molar-refractivity contribution in [3.8, 4) is 11.3 Å². The van der Waals surface area contributed by atoms with E-state index < -0.39 is 6.23 Å². The monoisotopic (exact) mass is 565 g/mol. The van der Waals surface area contributed by atoms with E-state index in [0.717, 1.165) is 17.1 Å². The summed E-state index contributed by atoms with van der Waals surface area (Å²) in [4.78, 5) is 31.6. The minimum absolute atomic E-state index is 0.145. The van der Waals surface area contributed by atoms with E-state index in [0.29, 0.717) is 43.7 Å². The number of aliphatic hydroxyl groups excluding tert-OH is 1. The van der Waals surface area contributed by atoms with Crippen molar-refractivity contribution in [3.05, 3.63) is 114 Å². The van der Waals surface area contributed by atoms with Crippen LogP contribution < -0.4 is 10.6 Å². The van der Waals surface area contributed by atoms with Crippen LogP contribution in [0.1, 0.15) is 65.3 Å². The number of hydrogen-bond acceptors (Lipinski definition) is 6. The van der Waals surface area contributed by atoms with E-state index >= 15 is 0 Å². The van der Waals surface area contributed by atoms with E-state index in [1.54, 1.807) is 24.3 Å². The lowest BCUT2D eigenvalue weighted by molar-refractivity contribution is 0.0649. The second kappa shape index (κ2) is 12.8. The van der Waals surface area contributed by atoms with Gasteiger partial charge in [-0.25, -0.2) is 4.98 Å². The van der Waals surface area contributed by atoms with Gasteiger partial charge in [0.2, 0.25) is 0 Å². The summed E-state index contributed by atoms with van der Waals surface area (Å²) in [6.07, 6.45) is 1.82. The third kappa shape index (κ3) is 6.68. The lowest BCUT2D eigenvalue weighted by atomic mass is 9.86. The van der Waals surface area contributed by atoms with Crippen LogP contribution in [0.4, 0.5) is 0 Å². The van der Waals surface area contributed by atoms with Gasteiger partial charge in [0.1, 0.15) is 12.1 Å². The first kappa shape index (κ1) is 29.4. The molecule has 0 saturated carbocycles. The highest BCUT2D eigenvalue weighted by Crippen LogP contribution is 2.34. The first-order valence-electron chi connectivity index (χ1n) is 14.5. The molecule has 0 aliphatic carbocycles. The zero-order chi connectivity index (χ0) is 29.7. The molecule has 1 aliphatic rings. The molecule has 0 radical (unpaired) electrons. The van der Waals surface area contributed by atoms with Gasteiger partial charge in [-0.05, 0) is 36.1 Å². The largest absolute Gasteiger partial charge is 0.377 e. The molecule has 1 aromatic heterocycles. The number of amides is 2. The minimum atomic E-state index is -0.817. The van der Waals surface area contributed by atoms with Crippen LogP contribution >= 0.6 is 0 Å². The Bertz CT molecular complexity index is 1480. The second-order valence-electron chi connectivity index (χ2n) is 11.8. The Morgan fingerprint density at radius 2 is 1.43 bits per heavy atom. The molecule has 5 rings (SSSR count). The molecule has 1 aliphatic heterocycles. The minimum Gasteiger partial charge on any atom is -0.377 e. The standard InChI is InChI=1S/C34H39N5O3/c1-34(2,3)30(31-37-28(25-15-8-5-9-16-25)23-38(31)22-24-13-6-4-7-14-24)36-21-29(40)35-19-12-20-39-32(41)26-17-10-11-18-27(26)33(39)42/h4-11,13-18,23,29-30,35-36,40H,12,19-22H2,1-3H3/t29?,30-/m0/s1. The summed E-state index contributed by atoms with van der Waals surface area (Å²) in [5.74, 6) is 0.390. The predicted octanol–water partition coefficient (Wildman–Crippen LogP) is 4.87. The number of hydrogen-bond donors (Lipinski definition) is 3. The van der Waals surface area contributed by atoms with Crippen LogP contribution in [0.2, 0.25) is 0 Å². The van der Waals surface area contributed by atoms with Crippen molar-refractivity contribution in [2.75, 3.05) is 19.6 Å². The van der Waals surface area contributed by atoms with E-state index in [-0.39, 0.29) is 23.3 Å². The van der Waals surface area contributed by atoms with Gasteiger partial charge in [0.05, 0.1) is 22.9 Å². The molecule has 0 bridgehead atoms. The highest BCUT2D eigenvalue weighted by molar-refractivity contribution is 6.21. The highest BCUT2D eigenvalue weighted by atomic mass is 16.3. The molecule has 42 heavy (non-hydrogen) atoms. The first-order chi connectivity index (χ1) is 20.2. The van der Waals surface area contributed by atoms with Crippen molar-refractivity contribution in [3.63, 3.8) is 0 Å². The van der Waals surface area contributed by atoms with Gasteiger partial charge in [0.15, 0.2) is 0 Å². The van der Waals surface area contributed by atoms with Gasteiger partial charge >= 0.3 is 0 Å². The zero-order valence-electron chi connectivity index (χ0n) is 24.5. The molecule has 8 nitrogen and oxygen atoms in total. The molecule has 0 saturated heterocycles. The second-order valence-corrected chi connectivity index (χ2v) is 11.8. The zero-order valence-corrected chi connectivity index (χ0v) is 24.5. The van der Waals surface area contributed by atoms with Crippen molar-refractivity contribution >= 4 is 11.8 Å². The summed E-state index contributed by atoms with van der Waals surface area (Å²) in [6, 6.07) is 27.2. The van der Waals surface area contributed by atoms with E-state index in [2.05, 4.69) is 66.4 Å². The number of nitrogens with one attached hydrogen (secondary N) is 2. The Hall–Kier alpha value is -4.11. The molecule has 3 aromatic carbocycles. The van der Waals surface area contributed by atoms with Crippen molar-refractivity contribution in [1.82, 2.24) is 25.1 Å². The van der Waals surface area contributed by atoms with Crippen molar-refractivity contribution in [1.29, 1.82) is 0 Å². The number of fused-ring (bicyclic) bond motifs is 1. The van der Waals surface area contributed by atoms with Crippen LogP contribution in [0.25, 0.3) is 11.3 Å². The van der Waals surface area contributed by atoms with Gasteiger partial charge in [0.25, 0.3) is 11.8 Å².